The van der Waals surface area contributed by atoms with E-state index in [2.05, 4.69) is 14.6 Å². The van der Waals surface area contributed by atoms with Crippen molar-refractivity contribution in [2.24, 2.45) is 5.41 Å². The molecule has 0 bridgehead atoms. The van der Waals surface area contributed by atoms with Crippen LogP contribution in [0.5, 0.6) is 0 Å². The summed E-state index contributed by atoms with van der Waals surface area (Å²) in [6.07, 6.45) is 7.45. The number of hydrogen-bond donors (Lipinski definition) is 2. The van der Waals surface area contributed by atoms with Crippen molar-refractivity contribution < 1.29 is 26.7 Å². The fourth-order valence-electron chi connectivity index (χ4n) is 6.05. The molecule has 11 heteroatoms. The highest BCUT2D eigenvalue weighted by molar-refractivity contribution is 7.95. The molecule has 1 aromatic heterocycles. The highest BCUT2D eigenvalue weighted by atomic mass is 32.2. The number of piperidine rings is 2. The smallest absolute Gasteiger partial charge is 0.258 e. The van der Waals surface area contributed by atoms with E-state index in [9.17, 15) is 17.2 Å². The number of aliphatic hydroxyl groups is 1. The normalized spacial score (nSPS) is 20.4. The molecule has 1 aliphatic carbocycles. The number of halogens is 3. The van der Waals surface area contributed by atoms with Crippen molar-refractivity contribution in [3.05, 3.63) is 71.5 Å². The van der Waals surface area contributed by atoms with Gasteiger partial charge in [-0.25, -0.2) is 21.6 Å². The van der Waals surface area contributed by atoms with Crippen LogP contribution in [0.4, 0.5) is 30.2 Å². The molecule has 1 spiro atoms. The van der Waals surface area contributed by atoms with Gasteiger partial charge in [0.15, 0.2) is 0 Å². The van der Waals surface area contributed by atoms with E-state index in [4.69, 9.17) is 5.11 Å². The highest BCUT2D eigenvalue weighted by Gasteiger charge is 2.44. The number of anilines is 3. The Hall–Kier alpha value is -3.73. The lowest BCUT2D eigenvalue weighted by atomic mass is 9.93. The van der Waals surface area contributed by atoms with Crippen molar-refractivity contribution in [2.75, 3.05) is 40.7 Å². The van der Waals surface area contributed by atoms with Crippen molar-refractivity contribution in [3.63, 3.8) is 0 Å². The van der Waals surface area contributed by atoms with E-state index in [0.717, 1.165) is 31.3 Å². The molecule has 2 saturated heterocycles. The second-order valence-corrected chi connectivity index (χ2v) is 13.2. The Morgan fingerprint density at radius 3 is 2.31 bits per heavy atom. The van der Waals surface area contributed by atoms with Gasteiger partial charge in [0.05, 0.1) is 28.6 Å². The van der Waals surface area contributed by atoms with Crippen molar-refractivity contribution in [2.45, 2.75) is 44.4 Å². The zero-order chi connectivity index (χ0) is 29.5. The molecule has 0 amide bonds. The number of nitrogens with zero attached hydrogens (tertiary/aromatic N) is 3. The van der Waals surface area contributed by atoms with Crippen LogP contribution in [-0.2, 0) is 10.0 Å². The Bertz CT molecular complexity index is 1650. The summed E-state index contributed by atoms with van der Waals surface area (Å²) in [5.74, 6) is -3.19. The molecule has 222 valence electrons. The van der Waals surface area contributed by atoms with Crippen LogP contribution in [-0.4, -0.2) is 50.6 Å². The van der Waals surface area contributed by atoms with Crippen molar-refractivity contribution in [1.29, 1.82) is 0 Å². The molecule has 3 aromatic rings. The maximum Gasteiger partial charge on any atom is 0.258 e. The van der Waals surface area contributed by atoms with Gasteiger partial charge in [0.1, 0.15) is 5.83 Å². The molecule has 42 heavy (non-hydrogen) atoms. The quantitative estimate of drug-likeness (QED) is 0.223. The Morgan fingerprint density at radius 2 is 1.62 bits per heavy atom. The number of rotatable bonds is 7. The second kappa shape index (κ2) is 10.8. The minimum absolute atomic E-state index is 0.178. The van der Waals surface area contributed by atoms with E-state index in [1.165, 1.54) is 25.0 Å². The first-order valence-corrected chi connectivity index (χ1v) is 15.7. The van der Waals surface area contributed by atoms with E-state index in [1.54, 1.807) is 30.5 Å². The minimum Gasteiger partial charge on any atom is -0.515 e. The average Bonchev–Trinajstić information content (AvgIpc) is 3.71. The van der Waals surface area contributed by atoms with Crippen LogP contribution in [0, 0.1) is 5.41 Å². The molecule has 2 aliphatic heterocycles. The topological polar surface area (TPSA) is 85.8 Å². The number of aliphatic hydroxyl groups excluding tert-OH is 1. The summed E-state index contributed by atoms with van der Waals surface area (Å²) in [5, 5.41) is 10.4. The number of nitrogens with one attached hydrogen (secondary N) is 1. The maximum atomic E-state index is 16.2. The zero-order valence-electron chi connectivity index (χ0n) is 23.1. The van der Waals surface area contributed by atoms with Gasteiger partial charge in [-0.05, 0) is 79.1 Å². The van der Waals surface area contributed by atoms with Gasteiger partial charge in [-0.3, -0.25) is 9.71 Å². The summed E-state index contributed by atoms with van der Waals surface area (Å²) >= 11 is 0. The molecule has 1 saturated carbocycles. The van der Waals surface area contributed by atoms with Gasteiger partial charge in [0.2, 0.25) is 0 Å². The molecule has 7 nitrogen and oxygen atoms in total. The molecular formula is C31H33F3N4O3S. The first-order chi connectivity index (χ1) is 20.1. The summed E-state index contributed by atoms with van der Waals surface area (Å²) in [4.78, 5) is 8.47. The zero-order valence-corrected chi connectivity index (χ0v) is 23.9. The summed E-state index contributed by atoms with van der Waals surface area (Å²) in [7, 11) is -3.93. The SMILES string of the molecule is O=S(=O)(C=CO)Nc1ccc(/C(F)=C/c2cc(N3CCC(F)(F)CC3)c3ncccc3c2)c(N2CCC3(CC2)CC3)c1. The molecule has 0 unspecified atom stereocenters. The van der Waals surface area contributed by atoms with Gasteiger partial charge >= 0.3 is 0 Å². The summed E-state index contributed by atoms with van der Waals surface area (Å²) in [6, 6.07) is 11.9. The Balaban J connectivity index is 1.37. The Morgan fingerprint density at radius 1 is 0.929 bits per heavy atom. The monoisotopic (exact) mass is 598 g/mol. The lowest BCUT2D eigenvalue weighted by molar-refractivity contribution is -0.0220. The third-order valence-electron chi connectivity index (χ3n) is 8.71. The van der Waals surface area contributed by atoms with Crippen LogP contribution in [0.2, 0.25) is 0 Å². The Labute approximate surface area is 243 Å². The number of hydrogen-bond acceptors (Lipinski definition) is 6. The van der Waals surface area contributed by atoms with Crippen LogP contribution in [0.3, 0.4) is 0 Å². The predicted octanol–water partition coefficient (Wildman–Crippen LogP) is 7.09. The molecule has 2 N–H and O–H groups in total. The van der Waals surface area contributed by atoms with Crippen molar-refractivity contribution in [1.82, 2.24) is 4.98 Å². The molecule has 0 radical (unpaired) electrons. The van der Waals surface area contributed by atoms with Gasteiger partial charge in [-0.2, -0.15) is 0 Å². The number of alkyl halides is 2. The molecule has 6 rings (SSSR count). The lowest BCUT2D eigenvalue weighted by Gasteiger charge is -2.35. The number of benzene rings is 2. The van der Waals surface area contributed by atoms with E-state index in [0.29, 0.717) is 45.1 Å². The van der Waals surface area contributed by atoms with E-state index in [1.807, 2.05) is 17.0 Å². The summed E-state index contributed by atoms with van der Waals surface area (Å²) < 4.78 is 70.8. The van der Waals surface area contributed by atoms with Crippen LogP contribution in [0.1, 0.15) is 49.7 Å². The molecule has 2 aromatic carbocycles. The minimum atomic E-state index is -3.93. The first kappa shape index (κ1) is 28.4. The fourth-order valence-corrected chi connectivity index (χ4v) is 6.74. The molecule has 3 aliphatic rings. The molecule has 0 atom stereocenters. The average molecular weight is 599 g/mol. The van der Waals surface area contributed by atoms with Gasteiger partial charge in [0, 0.05) is 61.9 Å². The third-order valence-corrected chi connectivity index (χ3v) is 9.71. The van der Waals surface area contributed by atoms with Crippen molar-refractivity contribution >= 4 is 49.9 Å². The van der Waals surface area contributed by atoms with E-state index >= 15 is 4.39 Å². The van der Waals surface area contributed by atoms with E-state index in [-0.39, 0.29) is 31.6 Å². The number of fused-ring (bicyclic) bond motifs is 1. The van der Waals surface area contributed by atoms with Gasteiger partial charge in [-0.1, -0.05) is 6.07 Å². The maximum absolute atomic E-state index is 16.2. The summed E-state index contributed by atoms with van der Waals surface area (Å²) in [6.45, 7) is 1.83. The predicted molar refractivity (Wildman–Crippen MR) is 161 cm³/mol. The second-order valence-electron chi connectivity index (χ2n) is 11.6. The number of sulfonamides is 1. The van der Waals surface area contributed by atoms with Crippen molar-refractivity contribution in [3.8, 4) is 0 Å². The standard InChI is InChI=1S/C31H33F3N4O3S/c32-26(19-22-18-23-2-1-11-35-29(23)28(20-22)38-14-9-31(33,34)10-15-38)25-4-3-24(36-42(40,41)17-16-39)21-27(25)37-12-7-30(5-6-30)8-13-37/h1-4,11,16-21,36,39H,5-10,12-15H2/b17-16?,26-19-. The van der Waals surface area contributed by atoms with Crippen LogP contribution >= 0.6 is 0 Å². The molecular weight excluding hydrogens is 565 g/mol. The highest BCUT2D eigenvalue weighted by Crippen LogP contribution is 2.54. The lowest BCUT2D eigenvalue weighted by Crippen LogP contribution is -2.39. The van der Waals surface area contributed by atoms with Crippen LogP contribution < -0.4 is 14.5 Å². The van der Waals surface area contributed by atoms with E-state index < -0.39 is 21.8 Å². The van der Waals surface area contributed by atoms with Crippen LogP contribution in [0.25, 0.3) is 22.8 Å². The van der Waals surface area contributed by atoms with Gasteiger partial charge in [-0.15, -0.1) is 0 Å². The largest absolute Gasteiger partial charge is 0.515 e. The first-order valence-electron chi connectivity index (χ1n) is 14.2. The Kier molecular flexibility index (Phi) is 7.32. The number of pyridine rings is 1. The molecule has 3 fully saturated rings. The number of aromatic nitrogens is 1. The molecule has 3 heterocycles. The van der Waals surface area contributed by atoms with Gasteiger partial charge in [0.25, 0.3) is 15.9 Å². The van der Waals surface area contributed by atoms with Gasteiger partial charge < -0.3 is 14.9 Å². The van der Waals surface area contributed by atoms with Crippen LogP contribution in [0.15, 0.2) is 60.3 Å². The summed E-state index contributed by atoms with van der Waals surface area (Å²) in [5.41, 5.74) is 3.49. The third kappa shape index (κ3) is 6.06. The fraction of sp³-hybridized carbons (Fsp3) is 0.387.